The topological polar surface area (TPSA) is 18.5 Å². The highest BCUT2D eigenvalue weighted by Crippen LogP contribution is 2.41. The van der Waals surface area contributed by atoms with Crippen molar-refractivity contribution in [3.8, 4) is 11.5 Å². The molecule has 1 aromatic carbocycles. The highest BCUT2D eigenvalue weighted by molar-refractivity contribution is 9.09. The fourth-order valence-electron chi connectivity index (χ4n) is 2.31. The molecule has 19 heavy (non-hydrogen) atoms. The molecule has 0 amide bonds. The Hall–Kier alpha value is -0.700. The van der Waals surface area contributed by atoms with Gasteiger partial charge in [-0.3, -0.25) is 0 Å². The van der Waals surface area contributed by atoms with Gasteiger partial charge in [0.05, 0.1) is 6.61 Å². The van der Waals surface area contributed by atoms with Crippen LogP contribution in [0.5, 0.6) is 11.5 Å². The highest BCUT2D eigenvalue weighted by Gasteiger charge is 2.32. The van der Waals surface area contributed by atoms with Gasteiger partial charge in [0.1, 0.15) is 5.60 Å². The van der Waals surface area contributed by atoms with Crippen LogP contribution in [0, 0.1) is 11.8 Å². The minimum atomic E-state index is -0.116. The van der Waals surface area contributed by atoms with Gasteiger partial charge in [0.2, 0.25) is 0 Å². The summed E-state index contributed by atoms with van der Waals surface area (Å²) in [6, 6.07) is 6.19. The van der Waals surface area contributed by atoms with E-state index in [0.717, 1.165) is 29.9 Å². The van der Waals surface area contributed by atoms with E-state index in [1.165, 1.54) is 5.56 Å². The van der Waals surface area contributed by atoms with Crippen LogP contribution >= 0.6 is 15.9 Å². The van der Waals surface area contributed by atoms with Crippen molar-refractivity contribution in [3.05, 3.63) is 23.8 Å². The number of hydrogen-bond acceptors (Lipinski definition) is 2. The normalized spacial score (nSPS) is 18.0. The fourth-order valence-corrected chi connectivity index (χ4v) is 3.25. The van der Waals surface area contributed by atoms with Crippen molar-refractivity contribution < 1.29 is 9.47 Å². The van der Waals surface area contributed by atoms with Crippen molar-refractivity contribution in [2.24, 2.45) is 11.8 Å². The number of rotatable bonds is 5. The van der Waals surface area contributed by atoms with Crippen molar-refractivity contribution in [2.75, 3.05) is 11.9 Å². The summed E-state index contributed by atoms with van der Waals surface area (Å²) >= 11 is 3.56. The first-order valence-corrected chi connectivity index (χ1v) is 8.05. The molecule has 0 radical (unpaired) electrons. The standard InChI is InChI=1S/C16H23BrO2/c1-11(2)13(9-17)10-18-14-7-5-6-12-8-16(3,4)19-15(12)14/h5-7,11,13H,8-10H2,1-4H3. The molecule has 1 heterocycles. The number of alkyl halides is 1. The zero-order valence-electron chi connectivity index (χ0n) is 12.2. The van der Waals surface area contributed by atoms with Gasteiger partial charge in [-0.25, -0.2) is 0 Å². The summed E-state index contributed by atoms with van der Waals surface area (Å²) < 4.78 is 12.0. The summed E-state index contributed by atoms with van der Waals surface area (Å²) in [5, 5.41) is 0.964. The summed E-state index contributed by atoms with van der Waals surface area (Å²) in [6.45, 7) is 9.41. The Morgan fingerprint density at radius 3 is 2.74 bits per heavy atom. The van der Waals surface area contributed by atoms with E-state index < -0.39 is 0 Å². The number of para-hydroxylation sites is 1. The summed E-state index contributed by atoms with van der Waals surface area (Å²) in [6.07, 6.45) is 0.950. The molecule has 1 atom stereocenters. The molecule has 3 heteroatoms. The molecule has 0 saturated carbocycles. The number of benzene rings is 1. The fraction of sp³-hybridized carbons (Fsp3) is 0.625. The largest absolute Gasteiger partial charge is 0.489 e. The second-order valence-electron chi connectivity index (χ2n) is 6.25. The van der Waals surface area contributed by atoms with Crippen LogP contribution in [0.1, 0.15) is 33.3 Å². The zero-order valence-corrected chi connectivity index (χ0v) is 13.8. The maximum absolute atomic E-state index is 6.02. The lowest BCUT2D eigenvalue weighted by Crippen LogP contribution is -2.25. The monoisotopic (exact) mass is 326 g/mol. The molecule has 0 bridgehead atoms. The smallest absolute Gasteiger partial charge is 0.165 e. The summed E-state index contributed by atoms with van der Waals surface area (Å²) in [7, 11) is 0. The van der Waals surface area contributed by atoms with Crippen LogP contribution in [-0.2, 0) is 6.42 Å². The molecule has 1 unspecified atom stereocenters. The second kappa shape index (κ2) is 5.74. The lowest BCUT2D eigenvalue weighted by molar-refractivity contribution is 0.129. The van der Waals surface area contributed by atoms with Crippen LogP contribution in [0.4, 0.5) is 0 Å². The molecule has 0 fully saturated rings. The molecule has 0 N–H and O–H groups in total. The molecule has 0 aliphatic carbocycles. The number of fused-ring (bicyclic) bond motifs is 1. The van der Waals surface area contributed by atoms with E-state index >= 15 is 0 Å². The van der Waals surface area contributed by atoms with Crippen molar-refractivity contribution in [3.63, 3.8) is 0 Å². The van der Waals surface area contributed by atoms with E-state index in [1.807, 2.05) is 6.07 Å². The van der Waals surface area contributed by atoms with Crippen LogP contribution in [0.25, 0.3) is 0 Å². The van der Waals surface area contributed by atoms with Gasteiger partial charge in [-0.2, -0.15) is 0 Å². The Morgan fingerprint density at radius 2 is 2.11 bits per heavy atom. The Bertz CT molecular complexity index is 440. The van der Waals surface area contributed by atoms with Crippen LogP contribution in [0.15, 0.2) is 18.2 Å². The second-order valence-corrected chi connectivity index (χ2v) is 6.90. The molecule has 0 saturated heterocycles. The molecular formula is C16H23BrO2. The quantitative estimate of drug-likeness (QED) is 0.744. The lowest BCUT2D eigenvalue weighted by atomic mass is 9.99. The van der Waals surface area contributed by atoms with Gasteiger partial charge >= 0.3 is 0 Å². The first-order chi connectivity index (χ1) is 8.93. The van der Waals surface area contributed by atoms with Gasteiger partial charge in [-0.05, 0) is 25.8 Å². The van der Waals surface area contributed by atoms with E-state index in [2.05, 4.69) is 55.8 Å². The minimum Gasteiger partial charge on any atom is -0.489 e. The molecule has 2 rings (SSSR count). The lowest BCUT2D eigenvalue weighted by Gasteiger charge is -2.21. The van der Waals surface area contributed by atoms with Crippen LogP contribution in [0.3, 0.4) is 0 Å². The van der Waals surface area contributed by atoms with Gasteiger partial charge in [0.25, 0.3) is 0 Å². The van der Waals surface area contributed by atoms with Crippen LogP contribution in [0.2, 0.25) is 0 Å². The third kappa shape index (κ3) is 3.44. The van der Waals surface area contributed by atoms with E-state index in [0.29, 0.717) is 11.8 Å². The predicted molar refractivity (Wildman–Crippen MR) is 82.5 cm³/mol. The predicted octanol–water partition coefficient (Wildman–Crippen LogP) is 4.45. The molecule has 0 spiro atoms. The Balaban J connectivity index is 2.09. The molecular weight excluding hydrogens is 304 g/mol. The van der Waals surface area contributed by atoms with E-state index in [1.54, 1.807) is 0 Å². The molecule has 106 valence electrons. The maximum Gasteiger partial charge on any atom is 0.165 e. The van der Waals surface area contributed by atoms with Crippen LogP contribution in [-0.4, -0.2) is 17.5 Å². The highest BCUT2D eigenvalue weighted by atomic mass is 79.9. The molecule has 1 aromatic rings. The van der Waals surface area contributed by atoms with Gasteiger partial charge in [-0.15, -0.1) is 0 Å². The third-order valence-electron chi connectivity index (χ3n) is 3.65. The molecule has 0 aromatic heterocycles. The first kappa shape index (κ1) is 14.7. The van der Waals surface area contributed by atoms with Gasteiger partial charge in [0.15, 0.2) is 11.5 Å². The number of ether oxygens (including phenoxy) is 2. The van der Waals surface area contributed by atoms with Crippen molar-refractivity contribution in [1.29, 1.82) is 0 Å². The van der Waals surface area contributed by atoms with Gasteiger partial charge in [-0.1, -0.05) is 41.9 Å². The average molecular weight is 327 g/mol. The third-order valence-corrected chi connectivity index (χ3v) is 4.48. The van der Waals surface area contributed by atoms with E-state index in [-0.39, 0.29) is 5.60 Å². The Kier molecular flexibility index (Phi) is 4.44. The zero-order chi connectivity index (χ0) is 14.0. The van der Waals surface area contributed by atoms with Crippen LogP contribution < -0.4 is 9.47 Å². The maximum atomic E-state index is 6.02. The van der Waals surface area contributed by atoms with Gasteiger partial charge in [0, 0.05) is 23.2 Å². The summed E-state index contributed by atoms with van der Waals surface area (Å²) in [5.41, 5.74) is 1.14. The SMILES string of the molecule is CC(C)C(CBr)COc1cccc2c1OC(C)(C)C2. The number of hydrogen-bond donors (Lipinski definition) is 0. The first-order valence-electron chi connectivity index (χ1n) is 6.92. The van der Waals surface area contributed by atoms with Crippen molar-refractivity contribution >= 4 is 15.9 Å². The number of halogens is 1. The molecule has 1 aliphatic heterocycles. The average Bonchev–Trinajstić information content (AvgIpc) is 2.64. The van der Waals surface area contributed by atoms with E-state index in [4.69, 9.17) is 9.47 Å². The summed E-state index contributed by atoms with van der Waals surface area (Å²) in [5.74, 6) is 2.94. The summed E-state index contributed by atoms with van der Waals surface area (Å²) in [4.78, 5) is 0. The van der Waals surface area contributed by atoms with Gasteiger partial charge < -0.3 is 9.47 Å². The van der Waals surface area contributed by atoms with E-state index in [9.17, 15) is 0 Å². The molecule has 2 nitrogen and oxygen atoms in total. The Labute approximate surface area is 124 Å². The Morgan fingerprint density at radius 1 is 1.37 bits per heavy atom. The minimum absolute atomic E-state index is 0.116. The molecule has 1 aliphatic rings. The van der Waals surface area contributed by atoms with Crippen molar-refractivity contribution in [2.45, 2.75) is 39.7 Å². The van der Waals surface area contributed by atoms with Crippen molar-refractivity contribution in [1.82, 2.24) is 0 Å².